The summed E-state index contributed by atoms with van der Waals surface area (Å²) in [6, 6.07) is 22.0. The first kappa shape index (κ1) is 24.2. The van der Waals surface area contributed by atoms with Crippen LogP contribution in [0.25, 0.3) is 11.3 Å². The predicted octanol–water partition coefficient (Wildman–Crippen LogP) is 4.78. The quantitative estimate of drug-likeness (QED) is 0.516. The lowest BCUT2D eigenvalue weighted by molar-refractivity contribution is -0.135. The zero-order chi connectivity index (χ0) is 23.8. The summed E-state index contributed by atoms with van der Waals surface area (Å²) in [4.78, 5) is 20.0. The number of aromatic nitrogens is 2. The van der Waals surface area contributed by atoms with E-state index in [1.807, 2.05) is 54.6 Å². The van der Waals surface area contributed by atoms with Crippen molar-refractivity contribution in [2.45, 2.75) is 46.2 Å². The highest BCUT2D eigenvalue weighted by Crippen LogP contribution is 2.39. The minimum absolute atomic E-state index is 0.165. The largest absolute Gasteiger partial charge is 0.331 e. The molecule has 1 unspecified atom stereocenters. The monoisotopic (exact) mass is 443 g/mol. The fourth-order valence-electron chi connectivity index (χ4n) is 4.13. The number of rotatable bonds is 9. The summed E-state index contributed by atoms with van der Waals surface area (Å²) in [6.45, 7) is 7.92. The molecule has 0 bridgehead atoms. The minimum atomic E-state index is -0.314. The van der Waals surface area contributed by atoms with Crippen LogP contribution in [0.1, 0.15) is 51.0 Å². The van der Waals surface area contributed by atoms with Gasteiger partial charge in [-0.2, -0.15) is 5.26 Å². The third-order valence-corrected chi connectivity index (χ3v) is 5.60. The number of nitriles is 1. The molecule has 0 radical (unpaired) electrons. The molecule has 0 aliphatic carbocycles. The molecule has 0 spiro atoms. The number of hydrogen-bond acceptors (Lipinski definition) is 4. The topological polar surface area (TPSA) is 87.9 Å². The fraction of sp³-hybridized carbons (Fsp3) is 0.370. The van der Waals surface area contributed by atoms with Gasteiger partial charge in [0, 0.05) is 24.8 Å². The molecule has 33 heavy (non-hydrogen) atoms. The van der Waals surface area contributed by atoms with Crippen molar-refractivity contribution in [2.75, 3.05) is 13.1 Å². The van der Waals surface area contributed by atoms with Crippen molar-refractivity contribution in [3.05, 3.63) is 78.2 Å². The molecule has 0 aliphatic heterocycles. The molecule has 2 aromatic carbocycles. The summed E-state index contributed by atoms with van der Waals surface area (Å²) in [5, 5.41) is 9.23. The predicted molar refractivity (Wildman–Crippen MR) is 131 cm³/mol. The first-order chi connectivity index (χ1) is 15.8. The van der Waals surface area contributed by atoms with Gasteiger partial charge in [0.15, 0.2) is 0 Å². The molecule has 6 heteroatoms. The summed E-state index contributed by atoms with van der Waals surface area (Å²) in [7, 11) is 0. The molecule has 1 atom stereocenters. The van der Waals surface area contributed by atoms with E-state index in [9.17, 15) is 10.1 Å². The van der Waals surface area contributed by atoms with Gasteiger partial charge in [0.25, 0.3) is 0 Å². The van der Waals surface area contributed by atoms with E-state index >= 15 is 0 Å². The smallest absolute Gasteiger partial charge is 0.237 e. The van der Waals surface area contributed by atoms with Crippen LogP contribution in [0.4, 0.5) is 0 Å². The van der Waals surface area contributed by atoms with Crippen LogP contribution in [0.2, 0.25) is 0 Å². The summed E-state index contributed by atoms with van der Waals surface area (Å²) < 4.78 is 2.14. The molecule has 0 fully saturated rings. The first-order valence-electron chi connectivity index (χ1n) is 11.4. The van der Waals surface area contributed by atoms with Gasteiger partial charge in [-0.15, -0.1) is 0 Å². The summed E-state index contributed by atoms with van der Waals surface area (Å²) in [6.07, 6.45) is 2.56. The molecule has 1 aromatic heterocycles. The van der Waals surface area contributed by atoms with E-state index in [2.05, 4.69) is 43.7 Å². The maximum Gasteiger partial charge on any atom is 0.237 e. The molecule has 0 saturated heterocycles. The van der Waals surface area contributed by atoms with E-state index in [-0.39, 0.29) is 23.8 Å². The standard InChI is InChI=1S/C27H33N5O/c1-27(2,3)25(32(18-10-16-28)24(33)15-17-29)26-30-23(22-13-8-5-9-14-22)20-31(26)19-21-11-6-4-7-12-21/h4-9,11-14,20,25H,10,15-16,18-19,28H2,1-3H3. The third-order valence-electron chi connectivity index (χ3n) is 5.60. The molecular weight excluding hydrogens is 410 g/mol. The number of carbonyl (C=O) groups excluding carboxylic acids is 1. The maximum atomic E-state index is 13.1. The minimum Gasteiger partial charge on any atom is -0.331 e. The average Bonchev–Trinajstić information content (AvgIpc) is 3.20. The van der Waals surface area contributed by atoms with Gasteiger partial charge in [-0.3, -0.25) is 4.79 Å². The van der Waals surface area contributed by atoms with E-state index in [4.69, 9.17) is 10.7 Å². The second kappa shape index (κ2) is 10.9. The Balaban J connectivity index is 2.15. The fourth-order valence-corrected chi connectivity index (χ4v) is 4.13. The average molecular weight is 444 g/mol. The van der Waals surface area contributed by atoms with Crippen molar-refractivity contribution in [1.82, 2.24) is 14.5 Å². The molecular formula is C27H33N5O. The molecule has 1 amide bonds. The molecule has 3 aromatic rings. The summed E-state index contributed by atoms with van der Waals surface area (Å²) in [5.41, 5.74) is 8.51. The van der Waals surface area contributed by atoms with Crippen LogP contribution in [0.3, 0.4) is 0 Å². The van der Waals surface area contributed by atoms with Crippen molar-refractivity contribution in [3.8, 4) is 17.3 Å². The number of imidazole rings is 1. The van der Waals surface area contributed by atoms with Gasteiger partial charge in [-0.05, 0) is 23.9 Å². The Morgan fingerprint density at radius 3 is 2.33 bits per heavy atom. The SMILES string of the molecule is CC(C)(C)C(c1nc(-c2ccccc2)cn1Cc1ccccc1)N(CCCN)C(=O)CC#N. The highest BCUT2D eigenvalue weighted by molar-refractivity contribution is 5.78. The number of carbonyl (C=O) groups is 1. The highest BCUT2D eigenvalue weighted by Gasteiger charge is 2.38. The lowest BCUT2D eigenvalue weighted by atomic mass is 9.84. The number of hydrogen-bond donors (Lipinski definition) is 1. The van der Waals surface area contributed by atoms with Crippen LogP contribution in [0, 0.1) is 16.7 Å². The van der Waals surface area contributed by atoms with Crippen LogP contribution in [-0.4, -0.2) is 33.4 Å². The lowest BCUT2D eigenvalue weighted by Gasteiger charge is -2.40. The van der Waals surface area contributed by atoms with Crippen LogP contribution < -0.4 is 5.73 Å². The Morgan fingerprint density at radius 1 is 1.12 bits per heavy atom. The molecule has 1 heterocycles. The van der Waals surface area contributed by atoms with Gasteiger partial charge in [-0.1, -0.05) is 81.4 Å². The number of benzene rings is 2. The van der Waals surface area contributed by atoms with Crippen molar-refractivity contribution in [3.63, 3.8) is 0 Å². The van der Waals surface area contributed by atoms with Crippen LogP contribution in [-0.2, 0) is 11.3 Å². The van der Waals surface area contributed by atoms with Crippen LogP contribution in [0.5, 0.6) is 0 Å². The van der Waals surface area contributed by atoms with Gasteiger partial charge in [0.1, 0.15) is 12.2 Å². The van der Waals surface area contributed by atoms with E-state index in [0.717, 1.165) is 22.6 Å². The van der Waals surface area contributed by atoms with Crippen molar-refractivity contribution < 1.29 is 4.79 Å². The lowest BCUT2D eigenvalue weighted by Crippen LogP contribution is -2.43. The normalized spacial score (nSPS) is 12.2. The third kappa shape index (κ3) is 6.09. The zero-order valence-corrected chi connectivity index (χ0v) is 19.7. The molecule has 0 aliphatic rings. The summed E-state index contributed by atoms with van der Waals surface area (Å²) >= 11 is 0. The highest BCUT2D eigenvalue weighted by atomic mass is 16.2. The number of nitrogens with two attached hydrogens (primary N) is 1. The van der Waals surface area contributed by atoms with Crippen molar-refractivity contribution in [1.29, 1.82) is 5.26 Å². The summed E-state index contributed by atoms with van der Waals surface area (Å²) in [5.74, 6) is 0.620. The van der Waals surface area contributed by atoms with Gasteiger partial charge in [0.05, 0.1) is 17.8 Å². The number of nitrogens with zero attached hydrogens (tertiary/aromatic N) is 4. The Morgan fingerprint density at radius 2 is 1.76 bits per heavy atom. The Bertz CT molecular complexity index is 1080. The van der Waals surface area contributed by atoms with Gasteiger partial charge >= 0.3 is 0 Å². The Hall–Kier alpha value is -3.43. The molecule has 2 N–H and O–H groups in total. The molecule has 6 nitrogen and oxygen atoms in total. The van der Waals surface area contributed by atoms with Crippen LogP contribution in [0.15, 0.2) is 66.9 Å². The van der Waals surface area contributed by atoms with Crippen molar-refractivity contribution in [2.24, 2.45) is 11.1 Å². The van der Waals surface area contributed by atoms with Crippen LogP contribution >= 0.6 is 0 Å². The van der Waals surface area contributed by atoms with E-state index in [0.29, 0.717) is 26.1 Å². The Labute approximate surface area is 196 Å². The van der Waals surface area contributed by atoms with E-state index < -0.39 is 0 Å². The van der Waals surface area contributed by atoms with Gasteiger partial charge in [-0.25, -0.2) is 4.98 Å². The molecule has 3 rings (SSSR count). The molecule has 172 valence electrons. The number of amides is 1. The van der Waals surface area contributed by atoms with Crippen molar-refractivity contribution >= 4 is 5.91 Å². The zero-order valence-electron chi connectivity index (χ0n) is 19.7. The second-order valence-corrected chi connectivity index (χ2v) is 9.30. The van der Waals surface area contributed by atoms with Gasteiger partial charge in [0.2, 0.25) is 5.91 Å². The van der Waals surface area contributed by atoms with Gasteiger partial charge < -0.3 is 15.2 Å². The van der Waals surface area contributed by atoms with E-state index in [1.54, 1.807) is 4.90 Å². The Kier molecular flexibility index (Phi) is 8.02. The second-order valence-electron chi connectivity index (χ2n) is 9.30. The maximum absolute atomic E-state index is 13.1. The first-order valence-corrected chi connectivity index (χ1v) is 11.4. The molecule has 0 saturated carbocycles. The van der Waals surface area contributed by atoms with E-state index in [1.165, 1.54) is 0 Å².